The lowest BCUT2D eigenvalue weighted by Crippen LogP contribution is -2.44. The Labute approximate surface area is 129 Å². The molecule has 1 heterocycles. The maximum atomic E-state index is 12.9. The molecule has 1 saturated heterocycles. The van der Waals surface area contributed by atoms with E-state index >= 15 is 0 Å². The quantitative estimate of drug-likeness (QED) is 0.862. The van der Waals surface area contributed by atoms with Gasteiger partial charge in [0.15, 0.2) is 0 Å². The predicted octanol–water partition coefficient (Wildman–Crippen LogP) is 3.47. The Hall–Kier alpha value is -0.570. The summed E-state index contributed by atoms with van der Waals surface area (Å²) in [7, 11) is 0. The van der Waals surface area contributed by atoms with Crippen molar-refractivity contribution in [3.05, 3.63) is 0 Å². The second-order valence-corrected chi connectivity index (χ2v) is 7.78. The fraction of sp³-hybridized carbons (Fsp3) is 0.944. The average molecular weight is 292 g/mol. The van der Waals surface area contributed by atoms with Crippen molar-refractivity contribution in [2.75, 3.05) is 13.1 Å². The van der Waals surface area contributed by atoms with Crippen LogP contribution in [0.15, 0.2) is 0 Å². The van der Waals surface area contributed by atoms with Crippen molar-refractivity contribution in [2.24, 2.45) is 17.1 Å². The largest absolute Gasteiger partial charge is 0.339 e. The second kappa shape index (κ2) is 6.68. The number of hydrogen-bond donors (Lipinski definition) is 1. The van der Waals surface area contributed by atoms with Crippen LogP contribution in [0, 0.1) is 11.3 Å². The zero-order valence-corrected chi connectivity index (χ0v) is 13.5. The standard InChI is InChI=1S/C18H32N2O/c19-14-18(10-4-1-5-11-18)13-17(21)20-12-6-9-16(20)15-7-2-3-8-15/h15-16H,1-14,19H2. The maximum absolute atomic E-state index is 12.9. The van der Waals surface area contributed by atoms with Crippen molar-refractivity contribution in [1.29, 1.82) is 0 Å². The third kappa shape index (κ3) is 3.28. The van der Waals surface area contributed by atoms with Gasteiger partial charge in [-0.3, -0.25) is 4.79 Å². The van der Waals surface area contributed by atoms with E-state index in [0.29, 0.717) is 24.9 Å². The summed E-state index contributed by atoms with van der Waals surface area (Å²) in [5.74, 6) is 1.20. The monoisotopic (exact) mass is 292 g/mol. The third-order valence-electron chi connectivity index (χ3n) is 6.44. The molecule has 0 aromatic rings. The van der Waals surface area contributed by atoms with Crippen LogP contribution in [0.25, 0.3) is 0 Å². The molecule has 3 rings (SSSR count). The number of likely N-dealkylation sites (tertiary alicyclic amines) is 1. The minimum atomic E-state index is 0.123. The van der Waals surface area contributed by atoms with E-state index in [0.717, 1.165) is 25.3 Å². The van der Waals surface area contributed by atoms with Gasteiger partial charge in [-0.1, -0.05) is 32.1 Å². The number of carbonyl (C=O) groups is 1. The first-order valence-electron chi connectivity index (χ1n) is 9.24. The molecule has 0 radical (unpaired) electrons. The first kappa shape index (κ1) is 15.3. The molecule has 21 heavy (non-hydrogen) atoms. The van der Waals surface area contributed by atoms with Gasteiger partial charge in [-0.15, -0.1) is 0 Å². The van der Waals surface area contributed by atoms with Gasteiger partial charge in [-0.2, -0.15) is 0 Å². The van der Waals surface area contributed by atoms with E-state index in [1.165, 1.54) is 57.8 Å². The van der Waals surface area contributed by atoms with Crippen LogP contribution in [0.3, 0.4) is 0 Å². The molecule has 3 heteroatoms. The summed E-state index contributed by atoms with van der Waals surface area (Å²) < 4.78 is 0. The highest BCUT2D eigenvalue weighted by molar-refractivity contribution is 5.77. The Morgan fingerprint density at radius 3 is 2.38 bits per heavy atom. The first-order valence-corrected chi connectivity index (χ1v) is 9.24. The highest BCUT2D eigenvalue weighted by Gasteiger charge is 2.39. The van der Waals surface area contributed by atoms with Crippen LogP contribution in [0.5, 0.6) is 0 Å². The van der Waals surface area contributed by atoms with E-state index in [1.54, 1.807) is 0 Å². The minimum Gasteiger partial charge on any atom is -0.339 e. The maximum Gasteiger partial charge on any atom is 0.223 e. The van der Waals surface area contributed by atoms with Crippen LogP contribution in [0.2, 0.25) is 0 Å². The van der Waals surface area contributed by atoms with E-state index in [2.05, 4.69) is 4.90 Å². The van der Waals surface area contributed by atoms with E-state index < -0.39 is 0 Å². The van der Waals surface area contributed by atoms with Crippen molar-refractivity contribution >= 4 is 5.91 Å². The lowest BCUT2D eigenvalue weighted by Gasteiger charge is -2.38. The average Bonchev–Trinajstić information content (AvgIpc) is 3.18. The first-order chi connectivity index (χ1) is 10.2. The third-order valence-corrected chi connectivity index (χ3v) is 6.44. The Morgan fingerprint density at radius 1 is 1.00 bits per heavy atom. The summed E-state index contributed by atoms with van der Waals surface area (Å²) in [6, 6.07) is 0.554. The molecule has 3 fully saturated rings. The molecular formula is C18H32N2O. The SMILES string of the molecule is NCC1(CC(=O)N2CCCC2C2CCCC2)CCCCC1. The number of amides is 1. The lowest BCUT2D eigenvalue weighted by atomic mass is 9.71. The molecule has 2 saturated carbocycles. The summed E-state index contributed by atoms with van der Waals surface area (Å²) >= 11 is 0. The molecular weight excluding hydrogens is 260 g/mol. The second-order valence-electron chi connectivity index (χ2n) is 7.78. The van der Waals surface area contributed by atoms with Gasteiger partial charge in [0.1, 0.15) is 0 Å². The van der Waals surface area contributed by atoms with Crippen molar-refractivity contribution in [2.45, 2.75) is 83.1 Å². The Morgan fingerprint density at radius 2 is 1.71 bits per heavy atom. The summed E-state index contributed by atoms with van der Waals surface area (Å²) in [5, 5.41) is 0. The highest BCUT2D eigenvalue weighted by Crippen LogP contribution is 2.41. The van der Waals surface area contributed by atoms with Crippen molar-refractivity contribution in [3.8, 4) is 0 Å². The molecule has 3 nitrogen and oxygen atoms in total. The molecule has 0 bridgehead atoms. The molecule has 1 unspecified atom stereocenters. The lowest BCUT2D eigenvalue weighted by molar-refractivity contribution is -0.136. The smallest absolute Gasteiger partial charge is 0.223 e. The van der Waals surface area contributed by atoms with E-state index in [4.69, 9.17) is 5.73 Å². The summed E-state index contributed by atoms with van der Waals surface area (Å²) in [6.45, 7) is 1.70. The van der Waals surface area contributed by atoms with Gasteiger partial charge in [0.05, 0.1) is 0 Å². The summed E-state index contributed by atoms with van der Waals surface area (Å²) in [5.41, 5.74) is 6.19. The van der Waals surface area contributed by atoms with Crippen LogP contribution in [0.1, 0.15) is 77.0 Å². The normalized spacial score (nSPS) is 30.0. The molecule has 2 N–H and O–H groups in total. The van der Waals surface area contributed by atoms with Gasteiger partial charge in [0.2, 0.25) is 5.91 Å². The van der Waals surface area contributed by atoms with Crippen LogP contribution >= 0.6 is 0 Å². The number of hydrogen-bond acceptors (Lipinski definition) is 2. The Kier molecular flexibility index (Phi) is 4.88. The number of nitrogens with zero attached hydrogens (tertiary/aromatic N) is 1. The van der Waals surface area contributed by atoms with E-state index in [1.807, 2.05) is 0 Å². The van der Waals surface area contributed by atoms with Gasteiger partial charge in [0.25, 0.3) is 0 Å². The van der Waals surface area contributed by atoms with Gasteiger partial charge < -0.3 is 10.6 Å². The fourth-order valence-electron chi connectivity index (χ4n) is 5.11. The van der Waals surface area contributed by atoms with Gasteiger partial charge in [-0.05, 0) is 56.4 Å². The molecule has 2 aliphatic carbocycles. The zero-order valence-electron chi connectivity index (χ0n) is 13.5. The van der Waals surface area contributed by atoms with E-state index in [9.17, 15) is 4.79 Å². The highest BCUT2D eigenvalue weighted by atomic mass is 16.2. The zero-order chi connectivity index (χ0) is 14.7. The minimum absolute atomic E-state index is 0.123. The fourth-order valence-corrected chi connectivity index (χ4v) is 5.11. The molecule has 1 aliphatic heterocycles. The van der Waals surface area contributed by atoms with E-state index in [-0.39, 0.29) is 5.41 Å². The molecule has 1 amide bonds. The van der Waals surface area contributed by atoms with Crippen LogP contribution in [-0.2, 0) is 4.79 Å². The summed E-state index contributed by atoms with van der Waals surface area (Å²) in [6.07, 6.45) is 14.8. The Balaban J connectivity index is 1.63. The number of nitrogens with two attached hydrogens (primary N) is 1. The van der Waals surface area contributed by atoms with Gasteiger partial charge >= 0.3 is 0 Å². The number of carbonyl (C=O) groups excluding carboxylic acids is 1. The van der Waals surface area contributed by atoms with Crippen LogP contribution in [0.4, 0.5) is 0 Å². The summed E-state index contributed by atoms with van der Waals surface area (Å²) in [4.78, 5) is 15.2. The molecule has 3 aliphatic rings. The van der Waals surface area contributed by atoms with Crippen molar-refractivity contribution in [1.82, 2.24) is 4.90 Å². The Bertz CT molecular complexity index is 356. The van der Waals surface area contributed by atoms with Crippen LogP contribution < -0.4 is 5.73 Å². The molecule has 0 aromatic heterocycles. The van der Waals surface area contributed by atoms with Gasteiger partial charge in [0, 0.05) is 19.0 Å². The van der Waals surface area contributed by atoms with Gasteiger partial charge in [-0.25, -0.2) is 0 Å². The molecule has 120 valence electrons. The van der Waals surface area contributed by atoms with Crippen LogP contribution in [-0.4, -0.2) is 29.9 Å². The predicted molar refractivity (Wildman–Crippen MR) is 85.9 cm³/mol. The van der Waals surface area contributed by atoms with Crippen molar-refractivity contribution in [3.63, 3.8) is 0 Å². The number of rotatable bonds is 4. The topological polar surface area (TPSA) is 46.3 Å². The molecule has 1 atom stereocenters. The van der Waals surface area contributed by atoms with Crippen molar-refractivity contribution < 1.29 is 4.79 Å². The molecule has 0 spiro atoms. The molecule has 0 aromatic carbocycles.